The van der Waals surface area contributed by atoms with Crippen molar-refractivity contribution in [1.29, 1.82) is 0 Å². The Morgan fingerprint density at radius 1 is 1.57 bits per heavy atom. The van der Waals surface area contributed by atoms with E-state index >= 15 is 0 Å². The number of nitrogens with zero attached hydrogens (tertiary/aromatic N) is 1. The van der Waals surface area contributed by atoms with E-state index in [2.05, 4.69) is 10.3 Å². The zero-order valence-corrected chi connectivity index (χ0v) is 15.7. The Kier molecular flexibility index (Phi) is 8.32. The summed E-state index contributed by atoms with van der Waals surface area (Å²) in [4.78, 5) is 17.1. The van der Waals surface area contributed by atoms with Crippen LogP contribution >= 0.6 is 47.1 Å². The molecule has 0 saturated carbocycles. The molecule has 0 aliphatic carbocycles. The lowest BCUT2D eigenvalue weighted by Crippen LogP contribution is -2.39. The molecule has 23 heavy (non-hydrogen) atoms. The number of anilines is 1. The van der Waals surface area contributed by atoms with Gasteiger partial charge in [0.15, 0.2) is 4.34 Å². The fourth-order valence-corrected chi connectivity index (χ4v) is 3.72. The van der Waals surface area contributed by atoms with Crippen LogP contribution in [0.1, 0.15) is 5.69 Å². The first-order chi connectivity index (χ1) is 10.5. The van der Waals surface area contributed by atoms with E-state index in [4.69, 9.17) is 22.1 Å². The summed E-state index contributed by atoms with van der Waals surface area (Å²) in [6.07, 6.45) is 0. The Labute approximate surface area is 154 Å². The van der Waals surface area contributed by atoms with Gasteiger partial charge in [0.2, 0.25) is 5.91 Å². The summed E-state index contributed by atoms with van der Waals surface area (Å²) in [5, 5.41) is 5.25. The third-order valence-electron chi connectivity index (χ3n) is 2.68. The average Bonchev–Trinajstić information content (AvgIpc) is 2.87. The van der Waals surface area contributed by atoms with E-state index < -0.39 is 6.04 Å². The molecule has 3 N–H and O–H groups in total. The number of thiazole rings is 1. The van der Waals surface area contributed by atoms with E-state index in [-0.39, 0.29) is 24.9 Å². The molecule has 0 fully saturated rings. The zero-order chi connectivity index (χ0) is 16.1. The number of ether oxygens (including phenoxy) is 1. The molecule has 9 heteroatoms. The Morgan fingerprint density at radius 3 is 2.87 bits per heavy atom. The van der Waals surface area contributed by atoms with Gasteiger partial charge < -0.3 is 15.8 Å². The lowest BCUT2D eigenvalue weighted by Gasteiger charge is -2.12. The van der Waals surface area contributed by atoms with Crippen LogP contribution in [0.3, 0.4) is 0 Å². The molecule has 1 atom stereocenters. The number of nitrogens with one attached hydrogen (secondary N) is 1. The van der Waals surface area contributed by atoms with Crippen molar-refractivity contribution in [2.45, 2.75) is 22.2 Å². The number of aromatic nitrogens is 1. The molecule has 1 heterocycles. The monoisotopic (exact) mass is 393 g/mol. The van der Waals surface area contributed by atoms with Gasteiger partial charge in [-0.15, -0.1) is 23.7 Å². The number of hydrogen-bond acceptors (Lipinski definition) is 6. The van der Waals surface area contributed by atoms with Gasteiger partial charge >= 0.3 is 0 Å². The van der Waals surface area contributed by atoms with Crippen LogP contribution in [-0.2, 0) is 9.53 Å². The van der Waals surface area contributed by atoms with Crippen LogP contribution in [0, 0.1) is 6.92 Å². The first-order valence-corrected chi connectivity index (χ1v) is 8.52. The van der Waals surface area contributed by atoms with Gasteiger partial charge in [0.05, 0.1) is 11.6 Å². The molecular weight excluding hydrogens is 377 g/mol. The largest absolute Gasteiger partial charge is 0.383 e. The summed E-state index contributed by atoms with van der Waals surface area (Å²) in [5.41, 5.74) is 7.25. The number of rotatable bonds is 6. The highest BCUT2D eigenvalue weighted by Gasteiger charge is 2.14. The number of methoxy groups -OCH3 is 1. The molecule has 0 aliphatic heterocycles. The summed E-state index contributed by atoms with van der Waals surface area (Å²) in [6, 6.07) is 4.62. The van der Waals surface area contributed by atoms with Crippen molar-refractivity contribution in [1.82, 2.24) is 4.98 Å². The zero-order valence-electron chi connectivity index (χ0n) is 12.5. The number of halogens is 2. The van der Waals surface area contributed by atoms with Crippen LogP contribution in [-0.4, -0.2) is 30.6 Å². The van der Waals surface area contributed by atoms with Gasteiger partial charge in [-0.2, -0.15) is 0 Å². The van der Waals surface area contributed by atoms with Gasteiger partial charge in [-0.1, -0.05) is 23.4 Å². The van der Waals surface area contributed by atoms with E-state index in [0.717, 1.165) is 14.9 Å². The first-order valence-electron chi connectivity index (χ1n) is 6.44. The summed E-state index contributed by atoms with van der Waals surface area (Å²) in [7, 11) is 1.50. The van der Waals surface area contributed by atoms with E-state index in [1.54, 1.807) is 23.5 Å². The number of carbonyl (C=O) groups excluding carboxylic acids is 1. The van der Waals surface area contributed by atoms with Crippen molar-refractivity contribution < 1.29 is 9.53 Å². The fourth-order valence-electron chi connectivity index (χ4n) is 1.62. The first kappa shape index (κ1) is 20.2. The van der Waals surface area contributed by atoms with Crippen LogP contribution in [0.4, 0.5) is 5.69 Å². The minimum atomic E-state index is -0.712. The highest BCUT2D eigenvalue weighted by molar-refractivity contribution is 8.01. The third kappa shape index (κ3) is 5.95. The van der Waals surface area contributed by atoms with Crippen LogP contribution in [0.25, 0.3) is 0 Å². The predicted octanol–water partition coefficient (Wildman–Crippen LogP) is 3.59. The van der Waals surface area contributed by atoms with Gasteiger partial charge in [-0.25, -0.2) is 4.98 Å². The second-order valence-electron chi connectivity index (χ2n) is 4.55. The number of nitrogens with two attached hydrogens (primary N) is 1. The maximum absolute atomic E-state index is 11.8. The van der Waals surface area contributed by atoms with E-state index in [9.17, 15) is 4.79 Å². The predicted molar refractivity (Wildman–Crippen MR) is 98.2 cm³/mol. The topological polar surface area (TPSA) is 77.2 Å². The lowest BCUT2D eigenvalue weighted by molar-refractivity contribution is -0.118. The van der Waals surface area contributed by atoms with Crippen molar-refractivity contribution in [3.63, 3.8) is 0 Å². The maximum atomic E-state index is 11.8. The Balaban J connectivity index is 0.00000264. The molecule has 0 spiro atoms. The molecule has 1 unspecified atom stereocenters. The van der Waals surface area contributed by atoms with Gasteiger partial charge in [0, 0.05) is 28.8 Å². The number of benzene rings is 1. The molecule has 0 aliphatic rings. The standard InChI is InChI=1S/C14H16ClN3O2S2.ClH/c1-8-7-21-14(17-8)22-12-4-3-9(5-10(12)15)18-13(19)11(16)6-20-2;/h3-5,7,11H,6,16H2,1-2H3,(H,18,19);1H. The van der Waals surface area contributed by atoms with E-state index in [1.807, 2.05) is 18.4 Å². The minimum Gasteiger partial charge on any atom is -0.383 e. The molecule has 5 nitrogen and oxygen atoms in total. The summed E-state index contributed by atoms with van der Waals surface area (Å²) < 4.78 is 5.78. The second kappa shape index (κ2) is 9.46. The molecule has 1 aromatic carbocycles. The highest BCUT2D eigenvalue weighted by Crippen LogP contribution is 2.36. The van der Waals surface area contributed by atoms with Crippen molar-refractivity contribution in [3.05, 3.63) is 34.3 Å². The molecule has 2 aromatic rings. The number of aryl methyl sites for hydroxylation is 1. The van der Waals surface area contributed by atoms with Crippen molar-refractivity contribution in [2.24, 2.45) is 5.73 Å². The van der Waals surface area contributed by atoms with Crippen LogP contribution in [0.5, 0.6) is 0 Å². The molecule has 0 radical (unpaired) electrons. The SMILES string of the molecule is COCC(N)C(=O)Nc1ccc(Sc2nc(C)cs2)c(Cl)c1.Cl. The maximum Gasteiger partial charge on any atom is 0.243 e. The summed E-state index contributed by atoms with van der Waals surface area (Å²) in [6.45, 7) is 2.11. The van der Waals surface area contributed by atoms with Crippen molar-refractivity contribution in [2.75, 3.05) is 19.0 Å². The van der Waals surface area contributed by atoms with Crippen LogP contribution < -0.4 is 11.1 Å². The number of carbonyl (C=O) groups is 1. The molecule has 126 valence electrons. The van der Waals surface area contributed by atoms with Crippen LogP contribution in [0.2, 0.25) is 5.02 Å². The molecule has 1 amide bonds. The van der Waals surface area contributed by atoms with Gasteiger partial charge in [0.25, 0.3) is 0 Å². The second-order valence-corrected chi connectivity index (χ2v) is 7.11. The average molecular weight is 394 g/mol. The Bertz CT molecular complexity index is 667. The molecule has 0 saturated heterocycles. The molecule has 1 aromatic heterocycles. The number of amides is 1. The Morgan fingerprint density at radius 2 is 2.30 bits per heavy atom. The highest BCUT2D eigenvalue weighted by atomic mass is 35.5. The molecule has 0 bridgehead atoms. The quantitative estimate of drug-likeness (QED) is 0.783. The number of hydrogen-bond donors (Lipinski definition) is 2. The molecule has 2 rings (SSSR count). The van der Waals surface area contributed by atoms with Gasteiger partial charge in [-0.05, 0) is 25.1 Å². The smallest absolute Gasteiger partial charge is 0.243 e. The summed E-state index contributed by atoms with van der Waals surface area (Å²) in [5.74, 6) is -0.311. The van der Waals surface area contributed by atoms with Crippen molar-refractivity contribution >= 4 is 58.7 Å². The third-order valence-corrected chi connectivity index (χ3v) is 5.23. The molecular formula is C14H17Cl2N3O2S2. The fraction of sp³-hybridized carbons (Fsp3) is 0.286. The Hall–Kier alpha value is -0.830. The van der Waals surface area contributed by atoms with Gasteiger partial charge in [0.1, 0.15) is 6.04 Å². The van der Waals surface area contributed by atoms with Gasteiger partial charge in [-0.3, -0.25) is 4.79 Å². The minimum absolute atomic E-state index is 0. The normalized spacial score (nSPS) is 11.7. The van der Waals surface area contributed by atoms with E-state index in [1.165, 1.54) is 18.9 Å². The summed E-state index contributed by atoms with van der Waals surface area (Å²) >= 11 is 9.32. The lowest BCUT2D eigenvalue weighted by atomic mass is 10.2. The van der Waals surface area contributed by atoms with Crippen LogP contribution in [0.15, 0.2) is 32.8 Å². The van der Waals surface area contributed by atoms with E-state index in [0.29, 0.717) is 10.7 Å². The van der Waals surface area contributed by atoms with Crippen molar-refractivity contribution in [3.8, 4) is 0 Å².